The standard InChI is InChI=1S/C18H20ClN3O2/c1-14(23)5-2-3-11-22-12-10-17(21-22)20-18(24)9-8-15-6-4-7-16(19)13-15/h4,6-10,12-13H,2-3,5,11H2,1H3,(H,20,21,24)/b9-8+. The van der Waals surface area contributed by atoms with Crippen molar-refractivity contribution < 1.29 is 9.59 Å². The summed E-state index contributed by atoms with van der Waals surface area (Å²) < 4.78 is 1.76. The smallest absolute Gasteiger partial charge is 0.249 e. The highest BCUT2D eigenvalue weighted by atomic mass is 35.5. The summed E-state index contributed by atoms with van der Waals surface area (Å²) in [6.45, 7) is 2.32. The summed E-state index contributed by atoms with van der Waals surface area (Å²) in [6, 6.07) is 9.00. The molecule has 6 heteroatoms. The first kappa shape index (κ1) is 17.9. The van der Waals surface area contributed by atoms with Crippen LogP contribution in [0.3, 0.4) is 0 Å². The zero-order valence-corrected chi connectivity index (χ0v) is 14.3. The third-order valence-corrected chi connectivity index (χ3v) is 3.57. The fraction of sp³-hybridized carbons (Fsp3) is 0.278. The van der Waals surface area contributed by atoms with Crippen LogP contribution in [-0.2, 0) is 16.1 Å². The van der Waals surface area contributed by atoms with E-state index in [9.17, 15) is 9.59 Å². The molecule has 0 bridgehead atoms. The number of unbranched alkanes of at least 4 members (excludes halogenated alkanes) is 1. The van der Waals surface area contributed by atoms with Gasteiger partial charge in [-0.05, 0) is 43.5 Å². The summed E-state index contributed by atoms with van der Waals surface area (Å²) in [5.41, 5.74) is 0.855. The van der Waals surface area contributed by atoms with Crippen LogP contribution in [0.5, 0.6) is 0 Å². The van der Waals surface area contributed by atoms with Crippen molar-refractivity contribution in [1.29, 1.82) is 0 Å². The Bertz CT molecular complexity index is 737. The molecule has 0 atom stereocenters. The first-order chi connectivity index (χ1) is 11.5. The summed E-state index contributed by atoms with van der Waals surface area (Å²) in [7, 11) is 0. The molecule has 0 aliphatic heterocycles. The topological polar surface area (TPSA) is 64.0 Å². The van der Waals surface area contributed by atoms with Crippen molar-refractivity contribution in [3.63, 3.8) is 0 Å². The summed E-state index contributed by atoms with van der Waals surface area (Å²) in [5.74, 6) is 0.453. The van der Waals surface area contributed by atoms with Crippen molar-refractivity contribution in [3.8, 4) is 0 Å². The molecule has 0 saturated heterocycles. The van der Waals surface area contributed by atoms with Gasteiger partial charge in [0.2, 0.25) is 5.91 Å². The van der Waals surface area contributed by atoms with Gasteiger partial charge in [-0.25, -0.2) is 0 Å². The SMILES string of the molecule is CC(=O)CCCCn1ccc(NC(=O)/C=C/c2cccc(Cl)c2)n1. The molecule has 5 nitrogen and oxygen atoms in total. The third kappa shape index (κ3) is 6.38. The van der Waals surface area contributed by atoms with Crippen LogP contribution in [0, 0.1) is 0 Å². The van der Waals surface area contributed by atoms with Crippen LogP contribution >= 0.6 is 11.6 Å². The maximum absolute atomic E-state index is 11.9. The lowest BCUT2D eigenvalue weighted by atomic mass is 10.2. The van der Waals surface area contributed by atoms with Gasteiger partial charge < -0.3 is 10.1 Å². The lowest BCUT2D eigenvalue weighted by molar-refractivity contribution is -0.117. The second-order valence-corrected chi connectivity index (χ2v) is 5.94. The maximum Gasteiger partial charge on any atom is 0.249 e. The number of aryl methyl sites for hydroxylation is 1. The van der Waals surface area contributed by atoms with Crippen molar-refractivity contribution in [2.24, 2.45) is 0 Å². The van der Waals surface area contributed by atoms with Gasteiger partial charge in [-0.2, -0.15) is 5.10 Å². The van der Waals surface area contributed by atoms with Gasteiger partial charge in [-0.3, -0.25) is 9.48 Å². The molecule has 0 fully saturated rings. The Morgan fingerprint density at radius 1 is 1.29 bits per heavy atom. The van der Waals surface area contributed by atoms with E-state index in [1.54, 1.807) is 35.9 Å². The molecule has 0 spiro atoms. The first-order valence-corrected chi connectivity index (χ1v) is 8.18. The average molecular weight is 346 g/mol. The van der Waals surface area contributed by atoms with Gasteiger partial charge in [-0.15, -0.1) is 0 Å². The highest BCUT2D eigenvalue weighted by Crippen LogP contribution is 2.12. The zero-order valence-electron chi connectivity index (χ0n) is 13.5. The number of rotatable bonds is 8. The molecule has 1 heterocycles. The quantitative estimate of drug-likeness (QED) is 0.582. The molecule has 1 N–H and O–H groups in total. The Labute approximate surface area is 146 Å². The second-order valence-electron chi connectivity index (χ2n) is 5.50. The summed E-state index contributed by atoms with van der Waals surface area (Å²) in [5, 5.41) is 7.62. The van der Waals surface area contributed by atoms with Gasteiger partial charge in [0.1, 0.15) is 5.78 Å². The Hall–Kier alpha value is -2.40. The lowest BCUT2D eigenvalue weighted by Gasteiger charge is -2.01. The van der Waals surface area contributed by atoms with Crippen molar-refractivity contribution in [3.05, 3.63) is 53.2 Å². The van der Waals surface area contributed by atoms with Crippen molar-refractivity contribution >= 4 is 35.2 Å². The largest absolute Gasteiger partial charge is 0.306 e. The molecule has 0 unspecified atom stereocenters. The average Bonchev–Trinajstić information content (AvgIpc) is 2.97. The second kappa shape index (κ2) is 9.03. The third-order valence-electron chi connectivity index (χ3n) is 3.33. The van der Waals surface area contributed by atoms with Crippen molar-refractivity contribution in [1.82, 2.24) is 9.78 Å². The number of carbonyl (C=O) groups is 2. The number of halogens is 1. The van der Waals surface area contributed by atoms with E-state index in [4.69, 9.17) is 11.6 Å². The van der Waals surface area contributed by atoms with Gasteiger partial charge in [0.15, 0.2) is 5.82 Å². The molecule has 0 aliphatic rings. The minimum atomic E-state index is -0.253. The number of nitrogens with one attached hydrogen (secondary N) is 1. The highest BCUT2D eigenvalue weighted by molar-refractivity contribution is 6.30. The fourth-order valence-corrected chi connectivity index (χ4v) is 2.35. The van der Waals surface area contributed by atoms with Crippen LogP contribution in [0.15, 0.2) is 42.6 Å². The molecule has 1 aromatic carbocycles. The van der Waals surface area contributed by atoms with E-state index in [2.05, 4.69) is 10.4 Å². The molecule has 1 amide bonds. The number of nitrogens with zero attached hydrogens (tertiary/aromatic N) is 2. The van der Waals surface area contributed by atoms with Gasteiger partial charge in [-0.1, -0.05) is 23.7 Å². The minimum absolute atomic E-state index is 0.204. The normalized spacial score (nSPS) is 10.9. The number of benzene rings is 1. The Kier molecular flexibility index (Phi) is 6.75. The summed E-state index contributed by atoms with van der Waals surface area (Å²) in [4.78, 5) is 22.8. The predicted octanol–water partition coefficient (Wildman–Crippen LogP) is 3.95. The molecule has 2 rings (SSSR count). The maximum atomic E-state index is 11.9. The first-order valence-electron chi connectivity index (χ1n) is 7.80. The molecule has 1 aromatic heterocycles. The Balaban J connectivity index is 1.81. The number of carbonyl (C=O) groups excluding carboxylic acids is 2. The van der Waals surface area contributed by atoms with E-state index in [0.717, 1.165) is 24.9 Å². The lowest BCUT2D eigenvalue weighted by Crippen LogP contribution is -2.09. The van der Waals surface area contributed by atoms with Crippen LogP contribution in [0.1, 0.15) is 31.7 Å². The van der Waals surface area contributed by atoms with Crippen LogP contribution in [0.4, 0.5) is 5.82 Å². The monoisotopic (exact) mass is 345 g/mol. The fourth-order valence-electron chi connectivity index (χ4n) is 2.15. The van der Waals surface area contributed by atoms with E-state index in [0.29, 0.717) is 17.3 Å². The van der Waals surface area contributed by atoms with E-state index in [-0.39, 0.29) is 11.7 Å². The van der Waals surface area contributed by atoms with E-state index in [1.807, 2.05) is 18.3 Å². The number of anilines is 1. The van der Waals surface area contributed by atoms with Gasteiger partial charge in [0.25, 0.3) is 0 Å². The van der Waals surface area contributed by atoms with Crippen LogP contribution in [0.2, 0.25) is 5.02 Å². The predicted molar refractivity (Wildman–Crippen MR) is 95.9 cm³/mol. The van der Waals surface area contributed by atoms with Gasteiger partial charge >= 0.3 is 0 Å². The zero-order chi connectivity index (χ0) is 17.4. The van der Waals surface area contributed by atoms with Crippen LogP contribution in [-0.4, -0.2) is 21.5 Å². The highest BCUT2D eigenvalue weighted by Gasteiger charge is 2.02. The number of Topliss-reactive ketones (excluding diaryl/α,β-unsaturated/α-hetero) is 1. The van der Waals surface area contributed by atoms with Gasteiger partial charge in [0, 0.05) is 36.3 Å². The van der Waals surface area contributed by atoms with Gasteiger partial charge in [0.05, 0.1) is 0 Å². The molecule has 24 heavy (non-hydrogen) atoms. The van der Waals surface area contributed by atoms with E-state index >= 15 is 0 Å². The summed E-state index contributed by atoms with van der Waals surface area (Å²) in [6.07, 6.45) is 7.27. The summed E-state index contributed by atoms with van der Waals surface area (Å²) >= 11 is 5.90. The molecule has 0 aliphatic carbocycles. The minimum Gasteiger partial charge on any atom is -0.306 e. The molecule has 2 aromatic rings. The van der Waals surface area contributed by atoms with E-state index < -0.39 is 0 Å². The molecule has 126 valence electrons. The van der Waals surface area contributed by atoms with Crippen molar-refractivity contribution in [2.45, 2.75) is 32.7 Å². The molecule has 0 radical (unpaired) electrons. The number of amides is 1. The Morgan fingerprint density at radius 2 is 2.12 bits per heavy atom. The number of aromatic nitrogens is 2. The van der Waals surface area contributed by atoms with Crippen LogP contribution in [0.25, 0.3) is 6.08 Å². The number of hydrogen-bond donors (Lipinski definition) is 1. The number of ketones is 1. The molecule has 0 saturated carbocycles. The Morgan fingerprint density at radius 3 is 2.88 bits per heavy atom. The number of hydrogen-bond acceptors (Lipinski definition) is 3. The van der Waals surface area contributed by atoms with E-state index in [1.165, 1.54) is 6.08 Å². The molecular formula is C18H20ClN3O2. The van der Waals surface area contributed by atoms with Crippen molar-refractivity contribution in [2.75, 3.05) is 5.32 Å². The molecular weight excluding hydrogens is 326 g/mol. The van der Waals surface area contributed by atoms with Crippen LogP contribution < -0.4 is 5.32 Å².